The number of hydrogen-bond acceptors (Lipinski definition) is 7. The van der Waals surface area contributed by atoms with Gasteiger partial charge in [-0.1, -0.05) is 19.9 Å². The van der Waals surface area contributed by atoms with Crippen molar-refractivity contribution in [2.24, 2.45) is 0 Å². The monoisotopic (exact) mass is 506 g/mol. The Morgan fingerprint density at radius 3 is 2.62 bits per heavy atom. The molecule has 0 fully saturated rings. The summed E-state index contributed by atoms with van der Waals surface area (Å²) in [7, 11) is 0. The molecule has 0 aliphatic carbocycles. The lowest BCUT2D eigenvalue weighted by atomic mass is 10.0. The van der Waals surface area contributed by atoms with Gasteiger partial charge in [0.2, 0.25) is 0 Å². The van der Waals surface area contributed by atoms with Gasteiger partial charge in [0.25, 0.3) is 5.91 Å². The first-order chi connectivity index (χ1) is 17.9. The van der Waals surface area contributed by atoms with Crippen molar-refractivity contribution in [3.05, 3.63) is 48.2 Å². The number of carbonyl (C=O) groups excluding carboxylic acids is 2. The molecule has 0 bridgehead atoms. The number of nitrogens with one attached hydrogen (secondary N) is 1. The van der Waals surface area contributed by atoms with E-state index in [1.165, 1.54) is 11.4 Å². The maximum Gasteiger partial charge on any atom is 0.254 e. The molecule has 0 saturated carbocycles. The molecule has 37 heavy (non-hydrogen) atoms. The van der Waals surface area contributed by atoms with Crippen molar-refractivity contribution >= 4 is 23.2 Å². The molecule has 1 atom stereocenters. The molecule has 4 rings (SSSR count). The smallest absolute Gasteiger partial charge is 0.254 e. The fourth-order valence-corrected chi connectivity index (χ4v) is 4.64. The van der Waals surface area contributed by atoms with Crippen LogP contribution in [0, 0.1) is 0 Å². The lowest BCUT2D eigenvalue weighted by Gasteiger charge is -2.30. The Hall–Kier alpha value is -4.15. The van der Waals surface area contributed by atoms with Crippen molar-refractivity contribution in [2.75, 3.05) is 19.0 Å². The Morgan fingerprint density at radius 2 is 2.03 bits per heavy atom. The number of ketones is 1. The molecular weight excluding hydrogens is 475 g/mol. The number of anilines is 1. The number of imidazole rings is 1. The van der Waals surface area contributed by atoms with E-state index in [9.17, 15) is 14.0 Å². The summed E-state index contributed by atoms with van der Waals surface area (Å²) in [4.78, 5) is 42.9. The number of alkyl halides is 1. The van der Waals surface area contributed by atoms with Crippen LogP contribution in [0.15, 0.2) is 36.9 Å². The van der Waals surface area contributed by atoms with Gasteiger partial charge in [-0.3, -0.25) is 14.6 Å². The van der Waals surface area contributed by atoms with Gasteiger partial charge < -0.3 is 15.6 Å². The van der Waals surface area contributed by atoms with Crippen LogP contribution in [0.5, 0.6) is 0 Å². The third kappa shape index (κ3) is 5.20. The Kier molecular flexibility index (Phi) is 7.90. The molecule has 3 N–H and O–H groups in total. The van der Waals surface area contributed by atoms with Crippen LogP contribution in [-0.4, -0.2) is 65.4 Å². The first-order valence-corrected chi connectivity index (χ1v) is 12.4. The van der Waals surface area contributed by atoms with Crippen molar-refractivity contribution in [1.29, 1.82) is 0 Å². The zero-order chi connectivity index (χ0) is 26.5. The fourth-order valence-electron chi connectivity index (χ4n) is 4.64. The van der Waals surface area contributed by atoms with Crippen LogP contribution in [0.1, 0.15) is 56.1 Å². The molecule has 4 aromatic rings. The molecule has 0 saturated heterocycles. The van der Waals surface area contributed by atoms with E-state index in [1.807, 2.05) is 26.0 Å². The number of aromatic nitrogens is 6. The minimum Gasteiger partial charge on any atom is -0.383 e. The van der Waals surface area contributed by atoms with E-state index in [-0.39, 0.29) is 17.6 Å². The molecule has 0 aliphatic rings. The van der Waals surface area contributed by atoms with Gasteiger partial charge in [0.15, 0.2) is 23.9 Å². The van der Waals surface area contributed by atoms with Crippen molar-refractivity contribution in [2.45, 2.75) is 52.5 Å². The highest BCUT2D eigenvalue weighted by Crippen LogP contribution is 2.29. The van der Waals surface area contributed by atoms with Crippen LogP contribution < -0.4 is 5.73 Å². The number of aromatic amines is 1. The molecule has 10 nitrogen and oxygen atoms in total. The first kappa shape index (κ1) is 25.9. The van der Waals surface area contributed by atoms with Gasteiger partial charge in [-0.25, -0.2) is 14.4 Å². The number of Topliss-reactive ketones (excluding diaryl/α,β-unsaturated/α-hetero) is 1. The molecule has 194 valence electrons. The van der Waals surface area contributed by atoms with E-state index in [2.05, 4.69) is 20.1 Å². The highest BCUT2D eigenvalue weighted by atomic mass is 19.1. The van der Waals surface area contributed by atoms with E-state index in [4.69, 9.17) is 10.7 Å². The number of pyridine rings is 1. The number of carbonyl (C=O) groups is 2. The maximum atomic E-state index is 13.2. The summed E-state index contributed by atoms with van der Waals surface area (Å²) in [6, 6.07) is 3.57. The molecule has 4 aromatic heterocycles. The first-order valence-electron chi connectivity index (χ1n) is 12.4. The van der Waals surface area contributed by atoms with Crippen molar-refractivity contribution in [3.8, 4) is 22.6 Å². The van der Waals surface area contributed by atoms with Crippen molar-refractivity contribution in [3.63, 3.8) is 0 Å². The highest BCUT2D eigenvalue weighted by molar-refractivity contribution is 6.00. The second-order valence-corrected chi connectivity index (χ2v) is 8.86. The van der Waals surface area contributed by atoms with Crippen LogP contribution in [0.4, 0.5) is 10.2 Å². The van der Waals surface area contributed by atoms with Gasteiger partial charge in [0, 0.05) is 42.3 Å². The SMILES string of the molecule is CCCN(C(=O)CF)[C@H](CC)CCc1nc2c(-c3ccc(-c4ncc[nH]4)nc3)cnn2c(N)c1C(C)=O. The molecule has 0 unspecified atom stereocenters. The molecule has 0 spiro atoms. The third-order valence-electron chi connectivity index (χ3n) is 6.45. The van der Waals surface area contributed by atoms with Gasteiger partial charge in [-0.05, 0) is 38.7 Å². The molecule has 0 aliphatic heterocycles. The minimum absolute atomic E-state index is 0.176. The number of halogens is 1. The number of H-pyrrole nitrogens is 1. The minimum atomic E-state index is -1.03. The van der Waals surface area contributed by atoms with Gasteiger partial charge in [0.05, 0.1) is 17.5 Å². The number of nitrogen functional groups attached to an aromatic ring is 1. The van der Waals surface area contributed by atoms with Gasteiger partial charge in [-0.2, -0.15) is 9.61 Å². The van der Waals surface area contributed by atoms with E-state index < -0.39 is 12.6 Å². The summed E-state index contributed by atoms with van der Waals surface area (Å²) in [5.74, 6) is 0.127. The van der Waals surface area contributed by atoms with E-state index in [1.54, 1.807) is 29.7 Å². The number of amides is 1. The normalized spacial score (nSPS) is 12.1. The van der Waals surface area contributed by atoms with Crippen LogP contribution in [0.25, 0.3) is 28.3 Å². The van der Waals surface area contributed by atoms with Crippen molar-refractivity contribution in [1.82, 2.24) is 34.4 Å². The second-order valence-electron chi connectivity index (χ2n) is 8.86. The zero-order valence-electron chi connectivity index (χ0n) is 21.2. The Bertz CT molecular complexity index is 1380. The van der Waals surface area contributed by atoms with Crippen LogP contribution in [-0.2, 0) is 11.2 Å². The average molecular weight is 507 g/mol. The van der Waals surface area contributed by atoms with E-state index in [0.29, 0.717) is 59.8 Å². The second kappa shape index (κ2) is 11.3. The topological polar surface area (TPSA) is 135 Å². The van der Waals surface area contributed by atoms with E-state index in [0.717, 1.165) is 12.0 Å². The number of fused-ring (bicyclic) bond motifs is 1. The average Bonchev–Trinajstić information content (AvgIpc) is 3.58. The number of rotatable bonds is 11. The van der Waals surface area contributed by atoms with Gasteiger partial charge in [0.1, 0.15) is 11.5 Å². The van der Waals surface area contributed by atoms with Crippen molar-refractivity contribution < 1.29 is 14.0 Å². The van der Waals surface area contributed by atoms with Crippen LogP contribution >= 0.6 is 0 Å². The summed E-state index contributed by atoms with van der Waals surface area (Å²) in [5.41, 5.74) is 9.95. The predicted molar refractivity (Wildman–Crippen MR) is 139 cm³/mol. The summed E-state index contributed by atoms with van der Waals surface area (Å²) < 4.78 is 14.7. The standard InChI is InChI=1S/C26H31FN8O2/c1-4-12-34(22(37)13-27)18(5-2)7-9-20-23(16(3)36)24(28)35-26(33-20)19(15-32-35)17-6-8-21(31-14-17)25-29-10-11-30-25/h6,8,10-11,14-15,18H,4-5,7,9,12-13,28H2,1-3H3,(H,29,30)/t18-/m1/s1. The number of aryl methyl sites for hydroxylation is 1. The third-order valence-corrected chi connectivity index (χ3v) is 6.45. The predicted octanol–water partition coefficient (Wildman–Crippen LogP) is 3.89. The molecular formula is C26H31FN8O2. The summed E-state index contributed by atoms with van der Waals surface area (Å²) in [5, 5.41) is 4.39. The maximum absolute atomic E-state index is 13.2. The summed E-state index contributed by atoms with van der Waals surface area (Å²) >= 11 is 0. The number of nitrogens with two attached hydrogens (primary N) is 1. The lowest BCUT2D eigenvalue weighted by molar-refractivity contribution is -0.134. The lowest BCUT2D eigenvalue weighted by Crippen LogP contribution is -2.41. The Morgan fingerprint density at radius 1 is 1.22 bits per heavy atom. The van der Waals surface area contributed by atoms with Gasteiger partial charge >= 0.3 is 0 Å². The van der Waals surface area contributed by atoms with Crippen LogP contribution in [0.2, 0.25) is 0 Å². The highest BCUT2D eigenvalue weighted by Gasteiger charge is 2.25. The largest absolute Gasteiger partial charge is 0.383 e. The van der Waals surface area contributed by atoms with Gasteiger partial charge in [-0.15, -0.1) is 0 Å². The number of nitrogens with zero attached hydrogens (tertiary/aromatic N) is 6. The van der Waals surface area contributed by atoms with E-state index >= 15 is 0 Å². The molecule has 1 amide bonds. The molecule has 11 heteroatoms. The summed E-state index contributed by atoms with van der Waals surface area (Å²) in [6.07, 6.45) is 9.05. The number of hydrogen-bond donors (Lipinski definition) is 2. The Labute approximate surface area is 214 Å². The quantitative estimate of drug-likeness (QED) is 0.295. The fraction of sp³-hybridized carbons (Fsp3) is 0.385. The summed E-state index contributed by atoms with van der Waals surface area (Å²) in [6.45, 7) is 4.80. The zero-order valence-corrected chi connectivity index (χ0v) is 21.2. The molecule has 0 radical (unpaired) electrons. The molecule has 0 aromatic carbocycles. The molecule has 4 heterocycles. The Balaban J connectivity index is 1.70. The van der Waals surface area contributed by atoms with Crippen LogP contribution in [0.3, 0.4) is 0 Å².